The van der Waals surface area contributed by atoms with Crippen molar-refractivity contribution in [1.29, 1.82) is 0 Å². The van der Waals surface area contributed by atoms with Crippen molar-refractivity contribution in [3.05, 3.63) is 125 Å². The van der Waals surface area contributed by atoms with E-state index in [4.69, 9.17) is 16.3 Å². The summed E-state index contributed by atoms with van der Waals surface area (Å²) in [6, 6.07) is 26.8. The van der Waals surface area contributed by atoms with E-state index in [0.717, 1.165) is 39.9 Å². The molecule has 1 fully saturated rings. The van der Waals surface area contributed by atoms with Crippen molar-refractivity contribution in [2.75, 3.05) is 32.1 Å². The van der Waals surface area contributed by atoms with Gasteiger partial charge in [0.05, 0.1) is 56.6 Å². The summed E-state index contributed by atoms with van der Waals surface area (Å²) in [5, 5.41) is 22.6. The fourth-order valence-corrected chi connectivity index (χ4v) is 11.1. The van der Waals surface area contributed by atoms with Crippen molar-refractivity contribution >= 4 is 74.1 Å². The fourth-order valence-electron chi connectivity index (χ4n) is 8.97. The first-order valence-electron chi connectivity index (χ1n) is 25.7. The zero-order chi connectivity index (χ0) is 56.3. The Bertz CT molecular complexity index is 3230. The molecule has 5 amide bonds. The predicted octanol–water partition coefficient (Wildman–Crippen LogP) is 8.62. The lowest BCUT2D eigenvalue weighted by Crippen LogP contribution is -2.57. The molecule has 4 atom stereocenters. The minimum absolute atomic E-state index is 0.0437. The van der Waals surface area contributed by atoms with Crippen molar-refractivity contribution in [1.82, 2.24) is 40.1 Å². The normalized spacial score (nSPS) is 15.2. The van der Waals surface area contributed by atoms with Gasteiger partial charge in [0, 0.05) is 63.1 Å². The van der Waals surface area contributed by atoms with E-state index < -0.39 is 63.3 Å². The molecule has 0 aliphatic carbocycles. The maximum absolute atomic E-state index is 13.9. The number of nitrogens with one attached hydrogen (secondary N) is 4. The van der Waals surface area contributed by atoms with Crippen LogP contribution in [0.1, 0.15) is 90.4 Å². The van der Waals surface area contributed by atoms with Gasteiger partial charge in [0.15, 0.2) is 0 Å². The van der Waals surface area contributed by atoms with Gasteiger partial charge in [0.2, 0.25) is 35.5 Å². The fraction of sp³-hybridized carbons (Fsp3) is 0.368. The summed E-state index contributed by atoms with van der Waals surface area (Å²) in [5.41, 5.74) is 7.40. The lowest BCUT2D eigenvalue weighted by molar-refractivity contribution is -0.144. The van der Waals surface area contributed by atoms with Crippen LogP contribution in [0, 0.1) is 12.3 Å². The number of carbonyl (C=O) groups excluding carboxylic acids is 5. The standard InChI is InChI=1S/C57H66ClN9O9S2/c1-35(62-54(72)47-31-43(69)33-67(47)55(73)53(57(4,5)6)63-37(3)68)45-24-19-41(52-36(2)61-34-77-52)30-48(45)76-28-13-9-12-27-59-49(70)25-26-50(71)66(7)78(74,75)44-22-20-42(21-23-44)64-56-60-32-46(58)51(65-56)40-18-14-17-39(29-40)38-15-10-8-11-16-38/h8,10-11,14-24,29-30,32,34-35,43,47,53,69H,9,12-13,25-28,31,33H2,1-7H3,(H,59,70)(H,62,72)(H,63,68)(H,60,64,65)/t35-,43+,47-,53+/m0/s1. The van der Waals surface area contributed by atoms with Crippen molar-refractivity contribution < 1.29 is 42.2 Å². The molecule has 0 bridgehead atoms. The van der Waals surface area contributed by atoms with Crippen LogP contribution in [0.2, 0.25) is 5.02 Å². The van der Waals surface area contributed by atoms with Crippen LogP contribution >= 0.6 is 22.9 Å². The summed E-state index contributed by atoms with van der Waals surface area (Å²) in [6.07, 6.45) is 2.00. The lowest BCUT2D eigenvalue weighted by atomic mass is 9.85. The molecule has 5 N–H and O–H groups in total. The number of anilines is 2. The number of nitrogens with zero attached hydrogens (tertiary/aromatic N) is 5. The molecule has 3 heterocycles. The number of rotatable bonds is 22. The number of ether oxygens (including phenoxy) is 1. The van der Waals surface area contributed by atoms with Crippen LogP contribution in [0.15, 0.2) is 114 Å². The number of β-amino-alcohol motifs (C(OH)–C–C–N with tert-alkyl or cyclic N) is 1. The summed E-state index contributed by atoms with van der Waals surface area (Å²) in [5.74, 6) is -1.62. The number of carbonyl (C=O) groups is 5. The molecule has 6 aromatic rings. The Labute approximate surface area is 464 Å². The van der Waals surface area contributed by atoms with E-state index in [2.05, 4.69) is 36.2 Å². The SMILES string of the molecule is CC(=O)N[C@H](C(=O)N1C[C@H](O)C[C@H]1C(=O)N[C@@H](C)c1ccc(-c2scnc2C)cc1OCCCCCNC(=O)CCC(=O)N(C)S(=O)(=O)c1ccc(Nc2ncc(Cl)c(-c3cccc(-c4ccccc4)c3)n2)cc1)C(C)(C)C. The molecule has 1 saturated heterocycles. The Morgan fingerprint density at radius 1 is 0.885 bits per heavy atom. The number of sulfonamides is 1. The summed E-state index contributed by atoms with van der Waals surface area (Å²) in [7, 11) is -3.08. The first kappa shape index (κ1) is 58.4. The monoisotopic (exact) mass is 1120 g/mol. The molecule has 1 aliphatic heterocycles. The third-order valence-corrected chi connectivity index (χ3v) is 16.3. The van der Waals surface area contributed by atoms with E-state index in [1.807, 2.05) is 107 Å². The molecule has 412 valence electrons. The second-order valence-corrected chi connectivity index (χ2v) is 23.5. The maximum atomic E-state index is 13.9. The van der Waals surface area contributed by atoms with Crippen LogP contribution < -0.4 is 26.0 Å². The van der Waals surface area contributed by atoms with Crippen LogP contribution in [-0.2, 0) is 34.0 Å². The molecule has 0 radical (unpaired) electrons. The quantitative estimate of drug-likeness (QED) is 0.0401. The summed E-state index contributed by atoms with van der Waals surface area (Å²) in [4.78, 5) is 81.1. The van der Waals surface area contributed by atoms with Gasteiger partial charge in [-0.25, -0.2) is 27.7 Å². The van der Waals surface area contributed by atoms with Crippen LogP contribution in [0.3, 0.4) is 0 Å². The van der Waals surface area contributed by atoms with Crippen molar-refractivity contribution in [2.45, 2.75) is 109 Å². The Morgan fingerprint density at radius 2 is 1.60 bits per heavy atom. The second kappa shape index (κ2) is 25.9. The number of hydrogen-bond acceptors (Lipinski definition) is 14. The van der Waals surface area contributed by atoms with E-state index in [0.29, 0.717) is 64.4 Å². The van der Waals surface area contributed by atoms with Gasteiger partial charge >= 0.3 is 0 Å². The molecule has 0 unspecified atom stereocenters. The molecule has 7 rings (SSSR count). The van der Waals surface area contributed by atoms with Gasteiger partial charge in [0.25, 0.3) is 10.0 Å². The van der Waals surface area contributed by atoms with E-state index in [-0.39, 0.29) is 42.6 Å². The number of benzene rings is 4. The highest BCUT2D eigenvalue weighted by molar-refractivity contribution is 7.89. The predicted molar refractivity (Wildman–Crippen MR) is 301 cm³/mol. The Balaban J connectivity index is 0.865. The summed E-state index contributed by atoms with van der Waals surface area (Å²) < 4.78 is 33.9. The van der Waals surface area contributed by atoms with Gasteiger partial charge in [-0.3, -0.25) is 24.0 Å². The van der Waals surface area contributed by atoms with Gasteiger partial charge in [0.1, 0.15) is 17.8 Å². The lowest BCUT2D eigenvalue weighted by Gasteiger charge is -2.35. The Kier molecular flexibility index (Phi) is 19.4. The molecule has 1 aliphatic rings. The van der Waals surface area contributed by atoms with E-state index in [1.54, 1.807) is 5.51 Å². The minimum Gasteiger partial charge on any atom is -0.493 e. The van der Waals surface area contributed by atoms with Gasteiger partial charge in [-0.05, 0) is 91.6 Å². The minimum atomic E-state index is -4.24. The van der Waals surface area contributed by atoms with Gasteiger partial charge in [-0.2, -0.15) is 0 Å². The van der Waals surface area contributed by atoms with Crippen molar-refractivity contribution in [2.24, 2.45) is 5.41 Å². The first-order valence-corrected chi connectivity index (χ1v) is 28.4. The summed E-state index contributed by atoms with van der Waals surface area (Å²) >= 11 is 8.03. The zero-order valence-electron chi connectivity index (χ0n) is 44.7. The molecule has 0 spiro atoms. The number of aromatic nitrogens is 3. The third kappa shape index (κ3) is 14.9. The molecule has 2 aromatic heterocycles. The topological polar surface area (TPSA) is 242 Å². The number of unbranched alkanes of at least 4 members (excludes halogenated alkanes) is 2. The number of thiazole rings is 1. The molecular formula is C57H66ClN9O9S2. The Morgan fingerprint density at radius 3 is 2.29 bits per heavy atom. The Hall–Kier alpha value is -7.26. The number of hydrogen-bond donors (Lipinski definition) is 5. The molecular weight excluding hydrogens is 1050 g/mol. The average molecular weight is 1120 g/mol. The number of likely N-dealkylation sites (tertiary alicyclic amines) is 1. The molecule has 78 heavy (non-hydrogen) atoms. The largest absolute Gasteiger partial charge is 0.493 e. The molecule has 18 nitrogen and oxygen atoms in total. The highest BCUT2D eigenvalue weighted by Crippen LogP contribution is 2.36. The van der Waals surface area contributed by atoms with Crippen LogP contribution in [0.5, 0.6) is 5.75 Å². The van der Waals surface area contributed by atoms with Gasteiger partial charge < -0.3 is 36.0 Å². The number of aliphatic hydroxyl groups excluding tert-OH is 1. The third-order valence-electron chi connectivity index (χ3n) is 13.2. The average Bonchev–Trinajstić information content (AvgIpc) is 4.08. The van der Waals surface area contributed by atoms with Crippen LogP contribution in [0.4, 0.5) is 11.6 Å². The summed E-state index contributed by atoms with van der Waals surface area (Å²) in [6.45, 7) is 11.1. The number of aliphatic hydroxyl groups is 1. The zero-order valence-corrected chi connectivity index (χ0v) is 47.1. The van der Waals surface area contributed by atoms with E-state index >= 15 is 0 Å². The number of halogens is 1. The highest BCUT2D eigenvalue weighted by Gasteiger charge is 2.44. The smallest absolute Gasteiger partial charge is 0.266 e. The van der Waals surface area contributed by atoms with Gasteiger partial charge in [-0.1, -0.05) is 93.0 Å². The second-order valence-electron chi connectivity index (χ2n) is 20.3. The van der Waals surface area contributed by atoms with Crippen molar-refractivity contribution in [3.63, 3.8) is 0 Å². The number of aryl methyl sites for hydroxylation is 1. The molecule has 4 aromatic carbocycles. The van der Waals surface area contributed by atoms with Crippen molar-refractivity contribution in [3.8, 4) is 38.6 Å². The van der Waals surface area contributed by atoms with Crippen LogP contribution in [0.25, 0.3) is 32.8 Å². The van der Waals surface area contributed by atoms with E-state index in [9.17, 15) is 37.5 Å². The maximum Gasteiger partial charge on any atom is 0.266 e. The van der Waals surface area contributed by atoms with E-state index in [1.165, 1.54) is 53.6 Å². The van der Waals surface area contributed by atoms with Crippen LogP contribution in [-0.4, -0.2) is 112 Å². The molecule has 0 saturated carbocycles. The van der Waals surface area contributed by atoms with Gasteiger partial charge in [-0.15, -0.1) is 11.3 Å². The first-order chi connectivity index (χ1) is 37.1. The molecule has 21 heteroatoms. The number of amides is 5. The highest BCUT2D eigenvalue weighted by atomic mass is 35.5.